The van der Waals surface area contributed by atoms with E-state index in [0.29, 0.717) is 0 Å². The summed E-state index contributed by atoms with van der Waals surface area (Å²) < 4.78 is 66.6. The lowest BCUT2D eigenvalue weighted by Gasteiger charge is -2.17. The largest absolute Gasteiger partial charge is 0.338 e. The molecule has 3 rings (SSSR count). The third-order valence-corrected chi connectivity index (χ3v) is 4.32. The van der Waals surface area contributed by atoms with Crippen LogP contribution in [0, 0.1) is 35.0 Å². The summed E-state index contributed by atoms with van der Waals surface area (Å²) >= 11 is 0. The monoisotopic (exact) mass is 399 g/mol. The van der Waals surface area contributed by atoms with Gasteiger partial charge in [0.2, 0.25) is 17.6 Å². The molecule has 10 heteroatoms. The van der Waals surface area contributed by atoms with E-state index in [1.54, 1.807) is 17.6 Å². The predicted molar refractivity (Wildman–Crippen MR) is 88.0 cm³/mol. The highest BCUT2D eigenvalue weighted by Gasteiger charge is 2.34. The van der Waals surface area contributed by atoms with E-state index >= 15 is 0 Å². The van der Waals surface area contributed by atoms with Crippen LogP contribution in [0.3, 0.4) is 0 Å². The highest BCUT2D eigenvalue weighted by Crippen LogP contribution is 2.27. The Hall–Kier alpha value is -3.17. The summed E-state index contributed by atoms with van der Waals surface area (Å²) in [7, 11) is 0. The van der Waals surface area contributed by atoms with Gasteiger partial charge in [0.25, 0.3) is 0 Å². The normalized spacial score (nSPS) is 16.4. The van der Waals surface area contributed by atoms with Crippen molar-refractivity contribution in [1.29, 1.82) is 0 Å². The van der Waals surface area contributed by atoms with Gasteiger partial charge in [0, 0.05) is 19.5 Å². The molecule has 0 bridgehead atoms. The van der Waals surface area contributed by atoms with E-state index in [1.165, 1.54) is 4.90 Å². The summed E-state index contributed by atoms with van der Waals surface area (Å²) in [5.41, 5.74) is 3.10. The minimum atomic E-state index is -2.30. The molecule has 0 radical (unpaired) electrons. The topological polar surface area (TPSA) is 61.4 Å². The zero-order valence-electron chi connectivity index (χ0n) is 14.2. The number of benzene rings is 2. The fourth-order valence-electron chi connectivity index (χ4n) is 2.85. The van der Waals surface area contributed by atoms with Crippen LogP contribution in [0.5, 0.6) is 0 Å². The third-order valence-electron chi connectivity index (χ3n) is 4.32. The molecule has 2 aromatic carbocycles. The maximum absolute atomic E-state index is 13.6. The molecule has 1 aliphatic rings. The molecule has 0 saturated carbocycles. The number of nitrogens with one attached hydrogen (secondary N) is 2. The molecular weight excluding hydrogens is 385 g/mol. The first kappa shape index (κ1) is 19.6. The highest BCUT2D eigenvalue weighted by atomic mass is 19.2. The molecule has 0 spiro atoms. The Morgan fingerprint density at radius 2 is 1.54 bits per heavy atom. The summed E-state index contributed by atoms with van der Waals surface area (Å²) in [4.78, 5) is 25.7. The van der Waals surface area contributed by atoms with Crippen LogP contribution in [0.4, 0.5) is 27.6 Å². The van der Waals surface area contributed by atoms with Gasteiger partial charge in [-0.2, -0.15) is 0 Å². The molecule has 2 aromatic rings. The Morgan fingerprint density at radius 3 is 2.14 bits per heavy atom. The van der Waals surface area contributed by atoms with Crippen LogP contribution in [0.25, 0.3) is 0 Å². The van der Waals surface area contributed by atoms with Crippen molar-refractivity contribution in [2.75, 3.05) is 12.0 Å². The van der Waals surface area contributed by atoms with E-state index < -0.39 is 46.6 Å². The van der Waals surface area contributed by atoms with Gasteiger partial charge in [-0.25, -0.2) is 22.0 Å². The number of hydrogen-bond acceptors (Lipinski definition) is 3. The number of rotatable bonds is 5. The second kappa shape index (κ2) is 7.83. The van der Waals surface area contributed by atoms with E-state index in [-0.39, 0.29) is 25.4 Å². The Bertz CT molecular complexity index is 894. The zero-order chi connectivity index (χ0) is 20.4. The van der Waals surface area contributed by atoms with Gasteiger partial charge in [-0.3, -0.25) is 20.4 Å². The van der Waals surface area contributed by atoms with Gasteiger partial charge in [0.1, 0.15) is 5.69 Å². The third kappa shape index (κ3) is 3.75. The van der Waals surface area contributed by atoms with Gasteiger partial charge >= 0.3 is 0 Å². The summed E-state index contributed by atoms with van der Waals surface area (Å²) in [6.45, 7) is 0.340. The number of anilines is 1. The van der Waals surface area contributed by atoms with Crippen LogP contribution < -0.4 is 10.9 Å². The molecule has 148 valence electrons. The van der Waals surface area contributed by atoms with Crippen molar-refractivity contribution in [2.24, 2.45) is 5.92 Å². The van der Waals surface area contributed by atoms with Crippen LogP contribution in [0.15, 0.2) is 30.3 Å². The van der Waals surface area contributed by atoms with Crippen LogP contribution in [-0.2, 0) is 16.1 Å². The van der Waals surface area contributed by atoms with E-state index in [0.717, 1.165) is 5.56 Å². The van der Waals surface area contributed by atoms with Crippen molar-refractivity contribution >= 4 is 17.5 Å². The minimum absolute atomic E-state index is 0.0539. The maximum atomic E-state index is 13.6. The molecule has 1 fully saturated rings. The van der Waals surface area contributed by atoms with Crippen molar-refractivity contribution in [3.63, 3.8) is 0 Å². The number of carbonyl (C=O) groups is 2. The number of carbonyl (C=O) groups excluding carboxylic acids is 2. The van der Waals surface area contributed by atoms with E-state index in [9.17, 15) is 31.5 Å². The van der Waals surface area contributed by atoms with Crippen molar-refractivity contribution < 1.29 is 31.5 Å². The zero-order valence-corrected chi connectivity index (χ0v) is 14.2. The fourth-order valence-corrected chi connectivity index (χ4v) is 2.85. The first-order valence-electron chi connectivity index (χ1n) is 8.18. The quantitative estimate of drug-likeness (QED) is 0.352. The lowest BCUT2D eigenvalue weighted by atomic mass is 10.1. The number of hydrazine groups is 1. The van der Waals surface area contributed by atoms with Crippen LogP contribution in [0.2, 0.25) is 0 Å². The molecule has 1 unspecified atom stereocenters. The fraction of sp³-hybridized carbons (Fsp3) is 0.222. The Morgan fingerprint density at radius 1 is 0.964 bits per heavy atom. The molecule has 28 heavy (non-hydrogen) atoms. The van der Waals surface area contributed by atoms with Crippen LogP contribution >= 0.6 is 0 Å². The second-order valence-electron chi connectivity index (χ2n) is 6.22. The summed E-state index contributed by atoms with van der Waals surface area (Å²) in [5, 5.41) is 0. The predicted octanol–water partition coefficient (Wildman–Crippen LogP) is 2.87. The standard InChI is InChI=1S/C18H14F5N3O2/c19-12-13(20)15(22)17(16(23)14(12)21)24-25-18(28)10-6-11(27)26(8-10)7-9-4-2-1-3-5-9/h1-5,10,24H,6-8H2,(H,25,28). The smallest absolute Gasteiger partial charge is 0.243 e. The van der Waals surface area contributed by atoms with Gasteiger partial charge in [0.05, 0.1) is 5.92 Å². The van der Waals surface area contributed by atoms with E-state index in [2.05, 4.69) is 0 Å². The average molecular weight is 399 g/mol. The van der Waals surface area contributed by atoms with E-state index in [1.807, 2.05) is 23.6 Å². The molecule has 0 aliphatic carbocycles. The van der Waals surface area contributed by atoms with Crippen molar-refractivity contribution in [2.45, 2.75) is 13.0 Å². The van der Waals surface area contributed by atoms with Crippen molar-refractivity contribution in [3.8, 4) is 0 Å². The first-order valence-corrected chi connectivity index (χ1v) is 8.18. The van der Waals surface area contributed by atoms with Gasteiger partial charge in [-0.05, 0) is 5.56 Å². The molecule has 5 nitrogen and oxygen atoms in total. The van der Waals surface area contributed by atoms with Crippen LogP contribution in [-0.4, -0.2) is 23.3 Å². The summed E-state index contributed by atoms with van der Waals surface area (Å²) in [5.74, 6) is -12.7. The van der Waals surface area contributed by atoms with Gasteiger partial charge in [-0.15, -0.1) is 0 Å². The molecule has 0 aromatic heterocycles. The Kier molecular flexibility index (Phi) is 5.48. The summed E-state index contributed by atoms with van der Waals surface area (Å²) in [6, 6.07) is 9.04. The van der Waals surface area contributed by atoms with Crippen molar-refractivity contribution in [3.05, 3.63) is 65.0 Å². The Balaban J connectivity index is 1.64. The number of amides is 2. The highest BCUT2D eigenvalue weighted by molar-refractivity contribution is 5.89. The number of likely N-dealkylation sites (tertiary alicyclic amines) is 1. The first-order chi connectivity index (χ1) is 13.3. The van der Waals surface area contributed by atoms with Gasteiger partial charge < -0.3 is 4.90 Å². The maximum Gasteiger partial charge on any atom is 0.243 e. The SMILES string of the molecule is O=C(NNc1c(F)c(F)c(F)c(F)c1F)C1CC(=O)N(Cc2ccccc2)C1. The molecule has 2 amide bonds. The molecule has 1 heterocycles. The second-order valence-corrected chi connectivity index (χ2v) is 6.22. The van der Waals surface area contributed by atoms with Crippen molar-refractivity contribution in [1.82, 2.24) is 10.3 Å². The molecular formula is C18H14F5N3O2. The average Bonchev–Trinajstić information content (AvgIpc) is 3.06. The van der Waals surface area contributed by atoms with E-state index in [4.69, 9.17) is 0 Å². The summed E-state index contributed by atoms with van der Waals surface area (Å²) in [6.07, 6.45) is -0.141. The minimum Gasteiger partial charge on any atom is -0.338 e. The Labute approximate surface area is 156 Å². The molecule has 1 atom stereocenters. The molecule has 1 saturated heterocycles. The molecule has 1 aliphatic heterocycles. The number of halogens is 5. The molecule has 2 N–H and O–H groups in total. The number of nitrogens with zero attached hydrogens (tertiary/aromatic N) is 1. The lowest BCUT2D eigenvalue weighted by Crippen LogP contribution is -2.37. The lowest BCUT2D eigenvalue weighted by molar-refractivity contribution is -0.129. The number of hydrogen-bond donors (Lipinski definition) is 2. The van der Waals surface area contributed by atoms with Gasteiger partial charge in [-0.1, -0.05) is 30.3 Å². The van der Waals surface area contributed by atoms with Gasteiger partial charge in [0.15, 0.2) is 23.3 Å². The van der Waals surface area contributed by atoms with Crippen LogP contribution in [0.1, 0.15) is 12.0 Å².